The third kappa shape index (κ3) is 6.36. The van der Waals surface area contributed by atoms with Crippen LogP contribution in [0.4, 0.5) is 5.69 Å². The molecule has 35 heavy (non-hydrogen) atoms. The molecular formula is C24H31N3O7S. The second-order valence-electron chi connectivity index (χ2n) is 8.00. The number of anilines is 1. The van der Waals surface area contributed by atoms with Gasteiger partial charge in [-0.05, 0) is 43.2 Å². The van der Waals surface area contributed by atoms with Gasteiger partial charge in [-0.1, -0.05) is 19.1 Å². The minimum absolute atomic E-state index is 0.0386. The molecule has 3 rings (SSSR count). The second kappa shape index (κ2) is 11.3. The number of hydrogen-bond donors (Lipinski definition) is 1. The van der Waals surface area contributed by atoms with Crippen LogP contribution >= 0.6 is 0 Å². The molecule has 10 nitrogen and oxygen atoms in total. The van der Waals surface area contributed by atoms with Crippen molar-refractivity contribution >= 4 is 27.5 Å². The van der Waals surface area contributed by atoms with E-state index < -0.39 is 28.5 Å². The highest BCUT2D eigenvalue weighted by Gasteiger charge is 2.32. The van der Waals surface area contributed by atoms with Crippen LogP contribution in [0, 0.1) is 0 Å². The van der Waals surface area contributed by atoms with Crippen LogP contribution in [0.15, 0.2) is 42.5 Å². The maximum Gasteiger partial charge on any atom is 0.244 e. The van der Waals surface area contributed by atoms with Crippen molar-refractivity contribution in [1.29, 1.82) is 0 Å². The minimum Gasteiger partial charge on any atom is -0.497 e. The van der Waals surface area contributed by atoms with Gasteiger partial charge in [0.05, 0.1) is 19.1 Å². The van der Waals surface area contributed by atoms with Gasteiger partial charge in [-0.25, -0.2) is 8.42 Å². The summed E-state index contributed by atoms with van der Waals surface area (Å²) in [6.45, 7) is 3.69. The zero-order valence-corrected chi connectivity index (χ0v) is 21.1. The van der Waals surface area contributed by atoms with Crippen molar-refractivity contribution < 1.29 is 32.2 Å². The lowest BCUT2D eigenvalue weighted by Gasteiger charge is -2.32. The normalized spacial score (nSPS) is 13.1. The van der Waals surface area contributed by atoms with E-state index in [-0.39, 0.29) is 24.9 Å². The highest BCUT2D eigenvalue weighted by Crippen LogP contribution is 2.36. The molecule has 2 amide bonds. The zero-order chi connectivity index (χ0) is 25.6. The Morgan fingerprint density at radius 1 is 1.09 bits per heavy atom. The average molecular weight is 506 g/mol. The molecule has 0 saturated carbocycles. The standard InChI is InChI=1S/C24H31N3O7S/c1-5-20(24(29)25-6-2)26(14-17-7-10-19(32-3)11-8-17)23(28)15-27(35(4,30)31)18-9-12-21-22(13-18)34-16-33-21/h7-13,20H,5-6,14-16H2,1-4H3,(H,25,29)/t20-/m0/s1. The maximum absolute atomic E-state index is 13.6. The Morgan fingerprint density at radius 3 is 2.37 bits per heavy atom. The van der Waals surface area contributed by atoms with E-state index in [0.29, 0.717) is 30.2 Å². The Kier molecular flexibility index (Phi) is 8.44. The second-order valence-corrected chi connectivity index (χ2v) is 9.90. The molecule has 0 bridgehead atoms. The fraction of sp³-hybridized carbons (Fsp3) is 0.417. The number of ether oxygens (including phenoxy) is 3. The predicted molar refractivity (Wildman–Crippen MR) is 131 cm³/mol. The number of rotatable bonds is 11. The van der Waals surface area contributed by atoms with Gasteiger partial charge in [0.25, 0.3) is 0 Å². The summed E-state index contributed by atoms with van der Waals surface area (Å²) in [4.78, 5) is 27.8. The zero-order valence-electron chi connectivity index (χ0n) is 20.3. The summed E-state index contributed by atoms with van der Waals surface area (Å²) in [5, 5.41) is 2.76. The van der Waals surface area contributed by atoms with Crippen molar-refractivity contribution in [3.8, 4) is 17.2 Å². The van der Waals surface area contributed by atoms with E-state index in [1.807, 2.05) is 0 Å². The number of carbonyl (C=O) groups is 2. The van der Waals surface area contributed by atoms with Crippen LogP contribution in [-0.4, -0.2) is 64.4 Å². The molecule has 0 fully saturated rings. The van der Waals surface area contributed by atoms with Crippen LogP contribution in [0.3, 0.4) is 0 Å². The highest BCUT2D eigenvalue weighted by atomic mass is 32.2. The van der Waals surface area contributed by atoms with Crippen molar-refractivity contribution in [2.75, 3.05) is 37.6 Å². The number of fused-ring (bicyclic) bond motifs is 1. The topological polar surface area (TPSA) is 114 Å². The average Bonchev–Trinajstić information content (AvgIpc) is 3.30. The van der Waals surface area contributed by atoms with Crippen molar-refractivity contribution in [3.63, 3.8) is 0 Å². The van der Waals surface area contributed by atoms with Gasteiger partial charge in [0.1, 0.15) is 18.3 Å². The molecule has 1 N–H and O–H groups in total. The smallest absolute Gasteiger partial charge is 0.244 e. The van der Waals surface area contributed by atoms with Gasteiger partial charge < -0.3 is 24.4 Å². The molecule has 0 aliphatic carbocycles. The number of nitrogens with one attached hydrogen (secondary N) is 1. The SMILES string of the molecule is CCNC(=O)[C@H](CC)N(Cc1ccc(OC)cc1)C(=O)CN(c1ccc2c(c1)OCO2)S(C)(=O)=O. The lowest BCUT2D eigenvalue weighted by Crippen LogP contribution is -2.52. The van der Waals surface area contributed by atoms with Crippen LogP contribution in [0.5, 0.6) is 17.2 Å². The number of sulfonamides is 1. The number of hydrogen-bond acceptors (Lipinski definition) is 7. The van der Waals surface area contributed by atoms with Crippen molar-refractivity contribution in [2.24, 2.45) is 0 Å². The Hall–Kier alpha value is -3.47. The molecule has 0 unspecified atom stereocenters. The fourth-order valence-corrected chi connectivity index (χ4v) is 4.63. The number of nitrogens with zero attached hydrogens (tertiary/aromatic N) is 2. The third-order valence-electron chi connectivity index (χ3n) is 5.57. The van der Waals surface area contributed by atoms with Gasteiger partial charge >= 0.3 is 0 Å². The van der Waals surface area contributed by atoms with Gasteiger partial charge in [-0.2, -0.15) is 0 Å². The lowest BCUT2D eigenvalue weighted by molar-refractivity contribution is -0.140. The number of benzene rings is 2. The van der Waals surface area contributed by atoms with Crippen molar-refractivity contribution in [1.82, 2.24) is 10.2 Å². The number of methoxy groups -OCH3 is 1. The number of carbonyl (C=O) groups excluding carboxylic acids is 2. The summed E-state index contributed by atoms with van der Waals surface area (Å²) >= 11 is 0. The Morgan fingerprint density at radius 2 is 1.77 bits per heavy atom. The third-order valence-corrected chi connectivity index (χ3v) is 6.71. The van der Waals surface area contributed by atoms with Crippen molar-refractivity contribution in [3.05, 3.63) is 48.0 Å². The molecule has 1 aliphatic heterocycles. The summed E-state index contributed by atoms with van der Waals surface area (Å²) in [6, 6.07) is 11.0. The largest absolute Gasteiger partial charge is 0.497 e. The molecule has 1 aliphatic rings. The van der Waals surface area contributed by atoms with E-state index >= 15 is 0 Å². The molecular weight excluding hydrogens is 474 g/mol. The monoisotopic (exact) mass is 505 g/mol. The Labute approximate surface area is 205 Å². The van der Waals surface area contributed by atoms with Gasteiger partial charge in [-0.15, -0.1) is 0 Å². The maximum atomic E-state index is 13.6. The van der Waals surface area contributed by atoms with Gasteiger partial charge in [0.2, 0.25) is 28.6 Å². The van der Waals surface area contributed by atoms with Crippen LogP contribution in [0.25, 0.3) is 0 Å². The van der Waals surface area contributed by atoms with E-state index in [4.69, 9.17) is 14.2 Å². The van der Waals surface area contributed by atoms with Crippen molar-refractivity contribution in [2.45, 2.75) is 32.9 Å². The number of likely N-dealkylation sites (N-methyl/N-ethyl adjacent to an activating group) is 1. The van der Waals surface area contributed by atoms with Gasteiger partial charge in [0.15, 0.2) is 11.5 Å². The first-order valence-electron chi connectivity index (χ1n) is 11.2. The summed E-state index contributed by atoms with van der Waals surface area (Å²) in [6.07, 6.45) is 1.39. The molecule has 0 spiro atoms. The first-order valence-corrected chi connectivity index (χ1v) is 13.1. The quantitative estimate of drug-likeness (QED) is 0.498. The van der Waals surface area contributed by atoms with Crippen LogP contribution < -0.4 is 23.8 Å². The van der Waals surface area contributed by atoms with E-state index in [1.54, 1.807) is 57.4 Å². The molecule has 0 saturated heterocycles. The van der Waals surface area contributed by atoms with E-state index in [2.05, 4.69) is 5.32 Å². The molecule has 2 aromatic carbocycles. The molecule has 1 atom stereocenters. The first kappa shape index (κ1) is 26.1. The summed E-state index contributed by atoms with van der Waals surface area (Å²) < 4.78 is 42.2. The Balaban J connectivity index is 1.93. The molecule has 2 aromatic rings. The fourth-order valence-electron chi connectivity index (χ4n) is 3.79. The first-order chi connectivity index (χ1) is 16.7. The van der Waals surface area contributed by atoms with Crippen LogP contribution in [0.1, 0.15) is 25.8 Å². The van der Waals surface area contributed by atoms with Gasteiger partial charge in [0, 0.05) is 19.2 Å². The van der Waals surface area contributed by atoms with E-state index in [1.165, 1.54) is 11.0 Å². The van der Waals surface area contributed by atoms with E-state index in [9.17, 15) is 18.0 Å². The molecule has 11 heteroatoms. The van der Waals surface area contributed by atoms with E-state index in [0.717, 1.165) is 16.1 Å². The molecule has 190 valence electrons. The molecule has 0 radical (unpaired) electrons. The highest BCUT2D eigenvalue weighted by molar-refractivity contribution is 7.92. The van der Waals surface area contributed by atoms with Crippen LogP contribution in [0.2, 0.25) is 0 Å². The Bertz CT molecular complexity index is 1150. The van der Waals surface area contributed by atoms with Gasteiger partial charge in [-0.3, -0.25) is 13.9 Å². The molecule has 1 heterocycles. The number of amides is 2. The summed E-state index contributed by atoms with van der Waals surface area (Å²) in [5.74, 6) is 0.741. The summed E-state index contributed by atoms with van der Waals surface area (Å²) in [7, 11) is -2.28. The van der Waals surface area contributed by atoms with Crippen LogP contribution in [-0.2, 0) is 26.2 Å². The minimum atomic E-state index is -3.84. The lowest BCUT2D eigenvalue weighted by atomic mass is 10.1. The summed E-state index contributed by atoms with van der Waals surface area (Å²) in [5.41, 5.74) is 1.04. The molecule has 0 aromatic heterocycles. The predicted octanol–water partition coefficient (Wildman–Crippen LogP) is 2.13.